The first kappa shape index (κ1) is 16.9. The van der Waals surface area contributed by atoms with E-state index >= 15 is 0 Å². The molecule has 0 bridgehead atoms. The summed E-state index contributed by atoms with van der Waals surface area (Å²) in [5.41, 5.74) is 1.40. The second-order valence-electron chi connectivity index (χ2n) is 4.84. The van der Waals surface area contributed by atoms with Crippen LogP contribution >= 0.6 is 0 Å². The van der Waals surface area contributed by atoms with Gasteiger partial charge in [-0.3, -0.25) is 9.52 Å². The third-order valence-electron chi connectivity index (χ3n) is 3.10. The zero-order valence-corrected chi connectivity index (χ0v) is 13.3. The van der Waals surface area contributed by atoms with Crippen molar-refractivity contribution in [2.75, 3.05) is 10.5 Å². The van der Waals surface area contributed by atoms with E-state index in [1.54, 1.807) is 12.1 Å². The predicted octanol–water partition coefficient (Wildman–Crippen LogP) is 3.48. The lowest BCUT2D eigenvalue weighted by molar-refractivity contribution is 0.104. The first-order valence-corrected chi connectivity index (χ1v) is 8.63. The van der Waals surface area contributed by atoms with E-state index in [4.69, 9.17) is 0 Å². The molecule has 6 heteroatoms. The fraction of sp³-hybridized carbons (Fsp3) is 0.118. The van der Waals surface area contributed by atoms with Gasteiger partial charge in [-0.2, -0.15) is 0 Å². The maximum atomic E-state index is 13.0. The highest BCUT2D eigenvalue weighted by molar-refractivity contribution is 7.92. The topological polar surface area (TPSA) is 63.2 Å². The van der Waals surface area contributed by atoms with Crippen LogP contribution in [0, 0.1) is 5.82 Å². The van der Waals surface area contributed by atoms with Crippen LogP contribution in [0.1, 0.15) is 22.8 Å². The molecule has 0 aliphatic rings. The monoisotopic (exact) mass is 333 g/mol. The summed E-state index contributed by atoms with van der Waals surface area (Å²) >= 11 is 0. The largest absolute Gasteiger partial charge is 0.289 e. The summed E-state index contributed by atoms with van der Waals surface area (Å²) in [5, 5.41) is 0. The summed E-state index contributed by atoms with van der Waals surface area (Å²) in [4.78, 5) is 12.0. The summed E-state index contributed by atoms with van der Waals surface area (Å²) in [6, 6.07) is 12.0. The van der Waals surface area contributed by atoms with E-state index in [-0.39, 0.29) is 17.4 Å². The van der Waals surface area contributed by atoms with Crippen molar-refractivity contribution in [1.29, 1.82) is 0 Å². The van der Waals surface area contributed by atoms with Crippen molar-refractivity contribution in [2.24, 2.45) is 0 Å². The Bertz CT molecular complexity index is 827. The van der Waals surface area contributed by atoms with Crippen molar-refractivity contribution in [3.8, 4) is 0 Å². The lowest BCUT2D eigenvalue weighted by Gasteiger charge is -2.06. The third kappa shape index (κ3) is 5.03. The number of carbonyl (C=O) groups excluding carboxylic acids is 1. The SMILES string of the molecule is CCS(=O)(=O)Nc1ccc(C(=O)C=Cc2cccc(F)c2)cc1. The molecule has 120 valence electrons. The van der Waals surface area contributed by atoms with Crippen LogP contribution in [-0.2, 0) is 10.0 Å². The first-order valence-electron chi connectivity index (χ1n) is 6.98. The van der Waals surface area contributed by atoms with Crippen LogP contribution < -0.4 is 4.72 Å². The predicted molar refractivity (Wildman–Crippen MR) is 89.3 cm³/mol. The van der Waals surface area contributed by atoms with Gasteiger partial charge in [-0.15, -0.1) is 0 Å². The van der Waals surface area contributed by atoms with E-state index in [1.807, 2.05) is 0 Å². The molecule has 23 heavy (non-hydrogen) atoms. The number of carbonyl (C=O) groups is 1. The highest BCUT2D eigenvalue weighted by Gasteiger charge is 2.07. The molecule has 4 nitrogen and oxygen atoms in total. The van der Waals surface area contributed by atoms with Gasteiger partial charge in [-0.05, 0) is 55.0 Å². The number of sulfonamides is 1. The molecule has 0 unspecified atom stereocenters. The minimum atomic E-state index is -3.34. The Morgan fingerprint density at radius 3 is 2.48 bits per heavy atom. The maximum Gasteiger partial charge on any atom is 0.232 e. The van der Waals surface area contributed by atoms with Gasteiger partial charge in [0.25, 0.3) is 0 Å². The van der Waals surface area contributed by atoms with Crippen LogP contribution in [0.2, 0.25) is 0 Å². The van der Waals surface area contributed by atoms with Crippen LogP contribution in [0.3, 0.4) is 0 Å². The molecule has 0 atom stereocenters. The molecular formula is C17H16FNO3S. The number of halogens is 1. The second kappa shape index (κ2) is 7.19. The zero-order valence-electron chi connectivity index (χ0n) is 12.5. The number of benzene rings is 2. The Morgan fingerprint density at radius 1 is 1.17 bits per heavy atom. The van der Waals surface area contributed by atoms with Gasteiger partial charge in [0.15, 0.2) is 5.78 Å². The molecule has 0 fully saturated rings. The number of anilines is 1. The van der Waals surface area contributed by atoms with Crippen molar-refractivity contribution in [1.82, 2.24) is 0 Å². The van der Waals surface area contributed by atoms with Crippen LogP contribution in [-0.4, -0.2) is 20.0 Å². The minimum absolute atomic E-state index is 0.0238. The molecule has 0 spiro atoms. The Balaban J connectivity index is 2.08. The van der Waals surface area contributed by atoms with E-state index < -0.39 is 10.0 Å². The smallest absolute Gasteiger partial charge is 0.232 e. The first-order chi connectivity index (χ1) is 10.9. The Hall–Kier alpha value is -2.47. The number of ketones is 1. The normalized spacial score (nSPS) is 11.6. The number of allylic oxidation sites excluding steroid dienone is 1. The molecule has 0 radical (unpaired) electrons. The van der Waals surface area contributed by atoms with Gasteiger partial charge in [0.2, 0.25) is 10.0 Å². The molecule has 0 saturated heterocycles. The standard InChI is InChI=1S/C17H16FNO3S/c1-2-23(21,22)19-16-9-7-14(8-10-16)17(20)11-6-13-4-3-5-15(18)12-13/h3-12,19H,2H2,1H3. The Morgan fingerprint density at radius 2 is 1.87 bits per heavy atom. The molecule has 2 aromatic carbocycles. The molecule has 0 aliphatic carbocycles. The van der Waals surface area contributed by atoms with Crippen LogP contribution in [0.5, 0.6) is 0 Å². The van der Waals surface area contributed by atoms with Crippen molar-refractivity contribution >= 4 is 27.6 Å². The van der Waals surface area contributed by atoms with Crippen LogP contribution in [0.15, 0.2) is 54.6 Å². The quantitative estimate of drug-likeness (QED) is 0.650. The van der Waals surface area contributed by atoms with Gasteiger partial charge in [-0.25, -0.2) is 12.8 Å². The molecule has 2 rings (SSSR count). The lowest BCUT2D eigenvalue weighted by Crippen LogP contribution is -2.14. The van der Waals surface area contributed by atoms with E-state index in [9.17, 15) is 17.6 Å². The summed E-state index contributed by atoms with van der Waals surface area (Å²) in [6.45, 7) is 1.54. The molecule has 1 N–H and O–H groups in total. The molecule has 0 heterocycles. The average Bonchev–Trinajstić information content (AvgIpc) is 2.53. The molecule has 0 saturated carbocycles. The number of hydrogen-bond acceptors (Lipinski definition) is 3. The van der Waals surface area contributed by atoms with E-state index in [1.165, 1.54) is 55.5 Å². The number of rotatable bonds is 6. The number of hydrogen-bond donors (Lipinski definition) is 1. The van der Waals surface area contributed by atoms with Gasteiger partial charge in [-0.1, -0.05) is 18.2 Å². The summed E-state index contributed by atoms with van der Waals surface area (Å²) in [5.74, 6) is -0.643. The Labute approximate surface area is 134 Å². The zero-order chi connectivity index (χ0) is 16.9. The molecule has 0 amide bonds. The highest BCUT2D eigenvalue weighted by atomic mass is 32.2. The molecular weight excluding hydrogens is 317 g/mol. The van der Waals surface area contributed by atoms with Gasteiger partial charge in [0.1, 0.15) is 5.82 Å². The van der Waals surface area contributed by atoms with Crippen LogP contribution in [0.25, 0.3) is 6.08 Å². The fourth-order valence-electron chi connectivity index (χ4n) is 1.83. The van der Waals surface area contributed by atoms with Gasteiger partial charge in [0, 0.05) is 11.3 Å². The summed E-state index contributed by atoms with van der Waals surface area (Å²) < 4.78 is 38.4. The Kier molecular flexibility index (Phi) is 5.28. The van der Waals surface area contributed by atoms with E-state index in [2.05, 4.69) is 4.72 Å². The van der Waals surface area contributed by atoms with Crippen LogP contribution in [0.4, 0.5) is 10.1 Å². The van der Waals surface area contributed by atoms with Crippen molar-refractivity contribution in [3.63, 3.8) is 0 Å². The second-order valence-corrected chi connectivity index (χ2v) is 6.85. The summed E-state index contributed by atoms with van der Waals surface area (Å²) in [6.07, 6.45) is 2.87. The highest BCUT2D eigenvalue weighted by Crippen LogP contribution is 2.13. The minimum Gasteiger partial charge on any atom is -0.289 e. The fourth-order valence-corrected chi connectivity index (χ4v) is 2.47. The van der Waals surface area contributed by atoms with Gasteiger partial charge < -0.3 is 0 Å². The molecule has 0 aliphatic heterocycles. The van der Waals surface area contributed by atoms with Gasteiger partial charge >= 0.3 is 0 Å². The average molecular weight is 333 g/mol. The van der Waals surface area contributed by atoms with Crippen molar-refractivity contribution in [2.45, 2.75) is 6.92 Å². The number of nitrogens with one attached hydrogen (secondary N) is 1. The van der Waals surface area contributed by atoms with E-state index in [0.717, 1.165) is 0 Å². The van der Waals surface area contributed by atoms with Crippen molar-refractivity contribution in [3.05, 3.63) is 71.6 Å². The summed E-state index contributed by atoms with van der Waals surface area (Å²) in [7, 11) is -3.34. The van der Waals surface area contributed by atoms with E-state index in [0.29, 0.717) is 16.8 Å². The third-order valence-corrected chi connectivity index (χ3v) is 4.41. The van der Waals surface area contributed by atoms with Crippen molar-refractivity contribution < 1.29 is 17.6 Å². The maximum absolute atomic E-state index is 13.0. The lowest BCUT2D eigenvalue weighted by atomic mass is 10.1. The molecule has 2 aromatic rings. The van der Waals surface area contributed by atoms with Gasteiger partial charge in [0.05, 0.1) is 5.75 Å². The molecule has 0 aromatic heterocycles.